The molecule has 2 aromatic carbocycles. The number of para-hydroxylation sites is 1. The van der Waals surface area contributed by atoms with Crippen molar-refractivity contribution in [3.05, 3.63) is 59.7 Å². The molecule has 3 rings (SSSR count). The molecule has 0 aromatic heterocycles. The van der Waals surface area contributed by atoms with Gasteiger partial charge in [-0.15, -0.1) is 0 Å². The van der Waals surface area contributed by atoms with Crippen molar-refractivity contribution < 1.29 is 9.59 Å². The number of benzene rings is 2. The molecule has 0 saturated carbocycles. The molecule has 0 saturated heterocycles. The van der Waals surface area contributed by atoms with Crippen molar-refractivity contribution in [2.75, 3.05) is 22.9 Å². The zero-order chi connectivity index (χ0) is 18.0. The second-order valence-corrected chi connectivity index (χ2v) is 6.57. The van der Waals surface area contributed by atoms with Crippen LogP contribution in [0.3, 0.4) is 0 Å². The van der Waals surface area contributed by atoms with Crippen LogP contribution >= 0.6 is 0 Å². The Labute approximate surface area is 149 Å². The molecule has 1 atom stereocenters. The summed E-state index contributed by atoms with van der Waals surface area (Å²) in [6.07, 6.45) is 0.405. The van der Waals surface area contributed by atoms with Gasteiger partial charge in [-0.05, 0) is 43.2 Å². The zero-order valence-corrected chi connectivity index (χ0v) is 15.0. The van der Waals surface area contributed by atoms with E-state index in [0.717, 1.165) is 22.5 Å². The van der Waals surface area contributed by atoms with Crippen molar-refractivity contribution in [2.45, 2.75) is 33.1 Å². The molecule has 1 heterocycles. The first-order valence-electron chi connectivity index (χ1n) is 8.75. The number of aryl methyl sites for hydroxylation is 1. The number of anilines is 2. The predicted molar refractivity (Wildman–Crippen MR) is 101 cm³/mol. The number of rotatable bonds is 4. The van der Waals surface area contributed by atoms with Gasteiger partial charge in [0.05, 0.1) is 0 Å². The third-order valence-electron chi connectivity index (χ3n) is 4.80. The summed E-state index contributed by atoms with van der Waals surface area (Å²) >= 11 is 0. The molecule has 0 fully saturated rings. The maximum Gasteiger partial charge on any atom is 0.227 e. The summed E-state index contributed by atoms with van der Waals surface area (Å²) in [5, 5.41) is 0. The Morgan fingerprint density at radius 3 is 2.60 bits per heavy atom. The standard InChI is InChI=1S/C21H24N2O2/c1-4-22(18-9-7-8-15(2)12-18)21(25)13-17-14-23(16(3)24)20-11-6-5-10-19(17)20/h5-12,17H,4,13-14H2,1-3H3. The first kappa shape index (κ1) is 17.2. The average molecular weight is 336 g/mol. The van der Waals surface area contributed by atoms with Gasteiger partial charge in [0.25, 0.3) is 0 Å². The van der Waals surface area contributed by atoms with Gasteiger partial charge in [0.2, 0.25) is 11.8 Å². The number of nitrogens with zero attached hydrogens (tertiary/aromatic N) is 2. The topological polar surface area (TPSA) is 40.6 Å². The molecule has 0 bridgehead atoms. The Morgan fingerprint density at radius 1 is 1.16 bits per heavy atom. The van der Waals surface area contributed by atoms with Crippen LogP contribution in [0.1, 0.15) is 37.3 Å². The van der Waals surface area contributed by atoms with Gasteiger partial charge in [0.1, 0.15) is 0 Å². The molecule has 4 nitrogen and oxygen atoms in total. The van der Waals surface area contributed by atoms with Gasteiger partial charge in [0, 0.05) is 43.7 Å². The Bertz CT molecular complexity index is 800. The van der Waals surface area contributed by atoms with Crippen LogP contribution in [0.2, 0.25) is 0 Å². The molecular weight excluding hydrogens is 312 g/mol. The van der Waals surface area contributed by atoms with Gasteiger partial charge >= 0.3 is 0 Å². The van der Waals surface area contributed by atoms with Crippen molar-refractivity contribution in [1.29, 1.82) is 0 Å². The Morgan fingerprint density at radius 2 is 1.92 bits per heavy atom. The van der Waals surface area contributed by atoms with Crippen molar-refractivity contribution in [3.63, 3.8) is 0 Å². The average Bonchev–Trinajstić information content (AvgIpc) is 2.95. The van der Waals surface area contributed by atoms with Crippen molar-refractivity contribution in [3.8, 4) is 0 Å². The Balaban J connectivity index is 1.82. The highest BCUT2D eigenvalue weighted by atomic mass is 16.2. The summed E-state index contributed by atoms with van der Waals surface area (Å²) < 4.78 is 0. The van der Waals surface area contributed by atoms with E-state index in [2.05, 4.69) is 0 Å². The van der Waals surface area contributed by atoms with Crippen LogP contribution in [0.25, 0.3) is 0 Å². The molecular formula is C21H24N2O2. The molecule has 0 N–H and O–H groups in total. The van der Waals surface area contributed by atoms with Crippen LogP contribution in [0, 0.1) is 6.92 Å². The largest absolute Gasteiger partial charge is 0.313 e. The maximum atomic E-state index is 13.0. The van der Waals surface area contributed by atoms with E-state index < -0.39 is 0 Å². The van der Waals surface area contributed by atoms with Crippen molar-refractivity contribution in [2.24, 2.45) is 0 Å². The van der Waals surface area contributed by atoms with Gasteiger partial charge in [0.15, 0.2) is 0 Å². The SMILES string of the molecule is CCN(C(=O)CC1CN(C(C)=O)c2ccccc21)c1cccc(C)c1. The smallest absolute Gasteiger partial charge is 0.227 e. The normalized spacial score (nSPS) is 15.8. The third-order valence-corrected chi connectivity index (χ3v) is 4.80. The minimum absolute atomic E-state index is 0.0217. The molecule has 25 heavy (non-hydrogen) atoms. The lowest BCUT2D eigenvalue weighted by Gasteiger charge is -2.23. The molecule has 0 spiro atoms. The van der Waals surface area contributed by atoms with Gasteiger partial charge in [-0.2, -0.15) is 0 Å². The molecule has 0 radical (unpaired) electrons. The fourth-order valence-electron chi connectivity index (χ4n) is 3.59. The van der Waals surface area contributed by atoms with Crippen LogP contribution in [-0.4, -0.2) is 24.9 Å². The number of amides is 2. The number of fused-ring (bicyclic) bond motifs is 1. The monoisotopic (exact) mass is 336 g/mol. The highest BCUT2D eigenvalue weighted by molar-refractivity contribution is 5.97. The predicted octanol–water partition coefficient (Wildman–Crippen LogP) is 3.89. The van der Waals surface area contributed by atoms with Crippen LogP contribution < -0.4 is 9.80 Å². The van der Waals surface area contributed by atoms with Crippen molar-refractivity contribution in [1.82, 2.24) is 0 Å². The van der Waals surface area contributed by atoms with E-state index in [0.29, 0.717) is 19.5 Å². The van der Waals surface area contributed by atoms with E-state index >= 15 is 0 Å². The number of carbonyl (C=O) groups excluding carboxylic acids is 2. The Hall–Kier alpha value is -2.62. The lowest BCUT2D eigenvalue weighted by atomic mass is 9.97. The fraction of sp³-hybridized carbons (Fsp3) is 0.333. The maximum absolute atomic E-state index is 13.0. The van der Waals surface area contributed by atoms with E-state index in [1.807, 2.05) is 67.3 Å². The van der Waals surface area contributed by atoms with E-state index in [1.54, 1.807) is 11.8 Å². The van der Waals surface area contributed by atoms with Gasteiger partial charge in [-0.1, -0.05) is 30.3 Å². The second kappa shape index (κ2) is 7.09. The molecule has 2 aromatic rings. The number of carbonyl (C=O) groups is 2. The van der Waals surface area contributed by atoms with Crippen LogP contribution in [0.4, 0.5) is 11.4 Å². The summed E-state index contributed by atoms with van der Waals surface area (Å²) in [7, 11) is 0. The first-order valence-corrected chi connectivity index (χ1v) is 8.75. The van der Waals surface area contributed by atoms with Gasteiger partial charge in [-0.25, -0.2) is 0 Å². The zero-order valence-electron chi connectivity index (χ0n) is 15.0. The quantitative estimate of drug-likeness (QED) is 0.850. The first-order chi connectivity index (χ1) is 12.0. The minimum atomic E-state index is 0.0217. The van der Waals surface area contributed by atoms with E-state index in [1.165, 1.54) is 0 Å². The van der Waals surface area contributed by atoms with Crippen molar-refractivity contribution >= 4 is 23.2 Å². The molecule has 2 amide bonds. The molecule has 1 aliphatic rings. The van der Waals surface area contributed by atoms with Crippen LogP contribution in [-0.2, 0) is 9.59 Å². The van der Waals surface area contributed by atoms with E-state index in [9.17, 15) is 9.59 Å². The number of hydrogen-bond acceptors (Lipinski definition) is 2. The summed E-state index contributed by atoms with van der Waals surface area (Å²) in [5.74, 6) is 0.165. The number of hydrogen-bond donors (Lipinski definition) is 0. The summed E-state index contributed by atoms with van der Waals surface area (Å²) in [5.41, 5.74) is 4.10. The summed E-state index contributed by atoms with van der Waals surface area (Å²) in [6.45, 7) is 6.80. The molecule has 130 valence electrons. The molecule has 1 unspecified atom stereocenters. The lowest BCUT2D eigenvalue weighted by Crippen LogP contribution is -2.33. The van der Waals surface area contributed by atoms with Crippen LogP contribution in [0.15, 0.2) is 48.5 Å². The highest BCUT2D eigenvalue weighted by Crippen LogP contribution is 2.38. The Kier molecular flexibility index (Phi) is 4.88. The minimum Gasteiger partial charge on any atom is -0.313 e. The fourth-order valence-corrected chi connectivity index (χ4v) is 3.59. The lowest BCUT2D eigenvalue weighted by molar-refractivity contribution is -0.119. The second-order valence-electron chi connectivity index (χ2n) is 6.57. The molecule has 1 aliphatic heterocycles. The highest BCUT2D eigenvalue weighted by Gasteiger charge is 2.32. The molecule has 0 aliphatic carbocycles. The third kappa shape index (κ3) is 3.43. The van der Waals surface area contributed by atoms with Gasteiger partial charge < -0.3 is 9.80 Å². The van der Waals surface area contributed by atoms with E-state index in [-0.39, 0.29) is 17.7 Å². The molecule has 4 heteroatoms. The van der Waals surface area contributed by atoms with Gasteiger partial charge in [-0.3, -0.25) is 9.59 Å². The summed E-state index contributed by atoms with van der Waals surface area (Å²) in [6, 6.07) is 15.9. The summed E-state index contributed by atoms with van der Waals surface area (Å²) in [4.78, 5) is 28.5. The van der Waals surface area contributed by atoms with E-state index in [4.69, 9.17) is 0 Å². The van der Waals surface area contributed by atoms with Crippen LogP contribution in [0.5, 0.6) is 0 Å².